The number of ether oxygens (including phenoxy) is 1. The number of hydrogen-bond acceptors (Lipinski definition) is 5. The molecule has 0 aliphatic heterocycles. The van der Waals surface area contributed by atoms with Crippen molar-refractivity contribution in [2.45, 2.75) is 25.8 Å². The molecule has 0 unspecified atom stereocenters. The van der Waals surface area contributed by atoms with Crippen LogP contribution < -0.4 is 20.3 Å². The van der Waals surface area contributed by atoms with E-state index in [1.54, 1.807) is 52.3 Å². The Hall–Kier alpha value is -3.26. The number of hydrogen-bond donors (Lipinski definition) is 2. The number of rotatable bonds is 12. The van der Waals surface area contributed by atoms with Crippen LogP contribution in [0.5, 0.6) is 11.5 Å². The Kier molecular flexibility index (Phi) is 10.1. The van der Waals surface area contributed by atoms with Crippen LogP contribution in [0.25, 0.3) is 0 Å². The van der Waals surface area contributed by atoms with Gasteiger partial charge in [-0.25, -0.2) is 0 Å². The Labute approximate surface area is 240 Å². The third-order valence-corrected chi connectivity index (χ3v) is 7.30. The molecule has 1 aliphatic rings. The molecule has 4 rings (SSSR count). The summed E-state index contributed by atoms with van der Waals surface area (Å²) in [6.07, 6.45) is 1.62. The van der Waals surface area contributed by atoms with Crippen molar-refractivity contribution < 1.29 is 14.3 Å². The minimum absolute atomic E-state index is 0.0126. The van der Waals surface area contributed by atoms with Gasteiger partial charge in [0.05, 0.1) is 18.8 Å². The molecule has 1 aliphatic carbocycles. The first-order valence-corrected chi connectivity index (χ1v) is 13.9. The van der Waals surface area contributed by atoms with Gasteiger partial charge in [-0.15, -0.1) is 0 Å². The van der Waals surface area contributed by atoms with Crippen LogP contribution in [0.2, 0.25) is 10.0 Å². The van der Waals surface area contributed by atoms with Crippen molar-refractivity contribution in [3.63, 3.8) is 0 Å². The normalized spacial score (nSPS) is 12.6. The molecule has 0 saturated heterocycles. The van der Waals surface area contributed by atoms with Crippen LogP contribution in [0.1, 0.15) is 18.1 Å². The average molecular weight is 570 g/mol. The van der Waals surface area contributed by atoms with Crippen LogP contribution >= 0.6 is 23.2 Å². The van der Waals surface area contributed by atoms with Crippen molar-refractivity contribution in [2.24, 2.45) is 0 Å². The molecule has 2 N–H and O–H groups in total. The average Bonchev–Trinajstić information content (AvgIpc) is 3.37. The lowest BCUT2D eigenvalue weighted by molar-refractivity contribution is -0.130. The van der Waals surface area contributed by atoms with E-state index < -0.39 is 0 Å². The molecule has 2 amide bonds. The van der Waals surface area contributed by atoms with Gasteiger partial charge in [0, 0.05) is 36.2 Å². The Morgan fingerprint density at radius 2 is 1.59 bits per heavy atom. The summed E-state index contributed by atoms with van der Waals surface area (Å²) >= 11 is 12.4. The van der Waals surface area contributed by atoms with Crippen molar-refractivity contribution >= 4 is 40.7 Å². The third kappa shape index (κ3) is 7.88. The number of carbonyl (C=O) groups excluding carboxylic acids is 2. The van der Waals surface area contributed by atoms with E-state index in [0.717, 1.165) is 19.4 Å². The largest absolute Gasteiger partial charge is 0.455 e. The highest BCUT2D eigenvalue weighted by molar-refractivity contribution is 6.31. The first kappa shape index (κ1) is 28.7. The summed E-state index contributed by atoms with van der Waals surface area (Å²) in [5, 5.41) is 7.17. The topological polar surface area (TPSA) is 73.9 Å². The molecule has 0 heterocycles. The van der Waals surface area contributed by atoms with Gasteiger partial charge in [0.25, 0.3) is 0 Å². The molecule has 7 nitrogen and oxygen atoms in total. The van der Waals surface area contributed by atoms with Gasteiger partial charge in [0.15, 0.2) is 5.75 Å². The van der Waals surface area contributed by atoms with Crippen molar-refractivity contribution in [1.82, 2.24) is 15.5 Å². The highest BCUT2D eigenvalue weighted by Crippen LogP contribution is 2.35. The number of carbonyl (C=O) groups is 2. The number of fused-ring (bicyclic) bond motifs is 1. The first-order chi connectivity index (χ1) is 18.8. The maximum Gasteiger partial charge on any atom is 0.242 e. The molecule has 9 heteroatoms. The zero-order valence-corrected chi connectivity index (χ0v) is 23.8. The summed E-state index contributed by atoms with van der Waals surface area (Å²) in [4.78, 5) is 30.1. The van der Waals surface area contributed by atoms with Gasteiger partial charge in [-0.1, -0.05) is 54.4 Å². The second-order valence-electron chi connectivity index (χ2n) is 9.56. The fraction of sp³-hybridized carbons (Fsp3) is 0.333. The smallest absolute Gasteiger partial charge is 0.242 e. The lowest BCUT2D eigenvalue weighted by Gasteiger charge is -2.30. The van der Waals surface area contributed by atoms with Crippen molar-refractivity contribution in [2.75, 3.05) is 44.7 Å². The highest BCUT2D eigenvalue weighted by Gasteiger charge is 2.29. The Morgan fingerprint density at radius 3 is 2.26 bits per heavy atom. The Balaban J connectivity index is 1.55. The molecule has 0 spiro atoms. The molecule has 0 atom stereocenters. The van der Waals surface area contributed by atoms with Crippen LogP contribution in [-0.2, 0) is 22.4 Å². The van der Waals surface area contributed by atoms with Gasteiger partial charge < -0.3 is 25.2 Å². The minimum atomic E-state index is -0.200. The van der Waals surface area contributed by atoms with Crippen LogP contribution in [-0.4, -0.2) is 62.5 Å². The number of halogens is 2. The number of benzene rings is 3. The van der Waals surface area contributed by atoms with E-state index >= 15 is 0 Å². The molecular weight excluding hydrogens is 535 g/mol. The summed E-state index contributed by atoms with van der Waals surface area (Å²) in [7, 11) is 1.83. The molecule has 3 aromatic carbocycles. The predicted molar refractivity (Wildman–Crippen MR) is 157 cm³/mol. The first-order valence-electron chi connectivity index (χ1n) is 13.1. The maximum atomic E-state index is 13.6. The fourth-order valence-electron chi connectivity index (χ4n) is 4.66. The van der Waals surface area contributed by atoms with Gasteiger partial charge >= 0.3 is 0 Å². The van der Waals surface area contributed by atoms with Crippen LogP contribution in [0.15, 0.2) is 66.7 Å². The molecule has 0 radical (unpaired) electrons. The second-order valence-corrected chi connectivity index (χ2v) is 10.4. The third-order valence-electron chi connectivity index (χ3n) is 6.81. The maximum absolute atomic E-state index is 13.6. The van der Waals surface area contributed by atoms with Gasteiger partial charge in [-0.05, 0) is 73.0 Å². The summed E-state index contributed by atoms with van der Waals surface area (Å²) in [5.41, 5.74) is 3.09. The number of nitrogens with one attached hydrogen (secondary N) is 2. The van der Waals surface area contributed by atoms with Crippen molar-refractivity contribution in [1.29, 1.82) is 0 Å². The number of likely N-dealkylation sites (N-methyl/N-ethyl adjacent to an activating group) is 2. The summed E-state index contributed by atoms with van der Waals surface area (Å²) in [5.74, 6) is 0.760. The van der Waals surface area contributed by atoms with Gasteiger partial charge in [0.2, 0.25) is 11.8 Å². The van der Waals surface area contributed by atoms with Crippen LogP contribution in [0, 0.1) is 0 Å². The lowest BCUT2D eigenvalue weighted by Crippen LogP contribution is -2.47. The quantitative estimate of drug-likeness (QED) is 0.302. The number of amides is 2. The minimum Gasteiger partial charge on any atom is -0.455 e. The van der Waals surface area contributed by atoms with E-state index in [2.05, 4.69) is 22.8 Å². The molecule has 0 aromatic heterocycles. The molecule has 3 aromatic rings. The van der Waals surface area contributed by atoms with E-state index in [9.17, 15) is 9.59 Å². The molecule has 0 bridgehead atoms. The fourth-order valence-corrected chi connectivity index (χ4v) is 4.96. The molecule has 39 heavy (non-hydrogen) atoms. The Bertz CT molecular complexity index is 1260. The zero-order chi connectivity index (χ0) is 27.8. The SMILES string of the molecule is CCNCCNC(=O)CN(CC(=O)N(C)C1Cc2ccccc2C1)c1cc(Cl)ccc1Oc1ccc(Cl)cc1. The van der Waals surface area contributed by atoms with Crippen LogP contribution in [0.3, 0.4) is 0 Å². The lowest BCUT2D eigenvalue weighted by atomic mass is 10.1. The van der Waals surface area contributed by atoms with E-state index in [0.29, 0.717) is 40.3 Å². The van der Waals surface area contributed by atoms with Crippen molar-refractivity contribution in [3.8, 4) is 11.5 Å². The van der Waals surface area contributed by atoms with E-state index in [4.69, 9.17) is 27.9 Å². The van der Waals surface area contributed by atoms with Gasteiger partial charge in [-0.3, -0.25) is 9.59 Å². The standard InChI is InChI=1S/C30H34Cl2N4O3/c1-3-33-14-15-34-29(37)19-36(20-30(38)35(2)25-16-21-6-4-5-7-22(21)17-25)27-18-24(32)10-13-28(27)39-26-11-8-23(31)9-12-26/h4-13,18,25,33H,3,14-17,19-20H2,1-2H3,(H,34,37). The summed E-state index contributed by atoms with van der Waals surface area (Å²) in [6, 6.07) is 20.5. The van der Waals surface area contributed by atoms with Crippen LogP contribution in [0.4, 0.5) is 5.69 Å². The zero-order valence-electron chi connectivity index (χ0n) is 22.3. The highest BCUT2D eigenvalue weighted by atomic mass is 35.5. The van der Waals surface area contributed by atoms with E-state index in [-0.39, 0.29) is 30.9 Å². The summed E-state index contributed by atoms with van der Waals surface area (Å²) < 4.78 is 6.15. The van der Waals surface area contributed by atoms with Crippen molar-refractivity contribution in [3.05, 3.63) is 87.9 Å². The molecule has 0 fully saturated rings. The second kappa shape index (κ2) is 13.7. The molecule has 206 valence electrons. The van der Waals surface area contributed by atoms with E-state index in [1.807, 2.05) is 26.1 Å². The predicted octanol–water partition coefficient (Wildman–Crippen LogP) is 4.94. The molecule has 0 saturated carbocycles. The Morgan fingerprint density at radius 1 is 0.923 bits per heavy atom. The van der Waals surface area contributed by atoms with Gasteiger partial charge in [0.1, 0.15) is 5.75 Å². The number of nitrogens with zero attached hydrogens (tertiary/aromatic N) is 2. The monoisotopic (exact) mass is 568 g/mol. The number of anilines is 1. The van der Waals surface area contributed by atoms with E-state index in [1.165, 1.54) is 11.1 Å². The summed E-state index contributed by atoms with van der Waals surface area (Å²) in [6.45, 7) is 3.93. The van der Waals surface area contributed by atoms with Gasteiger partial charge in [-0.2, -0.15) is 0 Å². The molecular formula is C30H34Cl2N4O3.